The molecule has 0 aliphatic rings. The smallest absolute Gasteiger partial charge is 0.0715 e. The highest BCUT2D eigenvalue weighted by Crippen LogP contribution is 2.18. The van der Waals surface area contributed by atoms with Gasteiger partial charge in [0.1, 0.15) is 0 Å². The van der Waals surface area contributed by atoms with Crippen LogP contribution in [0, 0.1) is 0 Å². The van der Waals surface area contributed by atoms with Crippen molar-refractivity contribution in [2.45, 2.75) is 13.0 Å². The average molecular weight is 264 g/mol. The van der Waals surface area contributed by atoms with Gasteiger partial charge in [-0.2, -0.15) is 5.10 Å². The van der Waals surface area contributed by atoms with E-state index in [2.05, 4.69) is 17.2 Å². The molecule has 3 rings (SSSR count). The molecule has 0 saturated heterocycles. The van der Waals surface area contributed by atoms with Crippen molar-refractivity contribution in [1.29, 1.82) is 0 Å². The first-order chi connectivity index (χ1) is 9.88. The van der Waals surface area contributed by atoms with Crippen LogP contribution in [0.4, 0.5) is 0 Å². The molecule has 0 bridgehead atoms. The Morgan fingerprint density at radius 2 is 1.55 bits per heavy atom. The molecule has 0 aliphatic heterocycles. The highest BCUT2D eigenvalue weighted by molar-refractivity contribution is 5.37. The Balaban J connectivity index is 2.02. The summed E-state index contributed by atoms with van der Waals surface area (Å²) in [6.45, 7) is 0.00893. The van der Waals surface area contributed by atoms with Gasteiger partial charge in [-0.1, -0.05) is 48.5 Å². The Morgan fingerprint density at radius 1 is 0.900 bits per heavy atom. The molecule has 0 radical (unpaired) electrons. The molecule has 3 heteroatoms. The molecule has 0 fully saturated rings. The van der Waals surface area contributed by atoms with Crippen LogP contribution in [-0.4, -0.2) is 14.9 Å². The number of aromatic nitrogens is 2. The average Bonchev–Trinajstić information content (AvgIpc) is 2.92. The highest BCUT2D eigenvalue weighted by Gasteiger charge is 2.12. The lowest BCUT2D eigenvalue weighted by atomic mass is 10.1. The van der Waals surface area contributed by atoms with E-state index >= 15 is 0 Å². The fourth-order valence-corrected chi connectivity index (χ4v) is 2.31. The Labute approximate surface area is 118 Å². The molecule has 20 heavy (non-hydrogen) atoms. The Kier molecular flexibility index (Phi) is 3.61. The molecule has 3 nitrogen and oxygen atoms in total. The largest absolute Gasteiger partial charge is 0.392 e. The maximum Gasteiger partial charge on any atom is 0.0715 e. The van der Waals surface area contributed by atoms with Crippen molar-refractivity contribution in [2.24, 2.45) is 0 Å². The molecule has 2 aromatic carbocycles. The van der Waals surface area contributed by atoms with E-state index in [1.807, 2.05) is 53.2 Å². The predicted molar refractivity (Wildman–Crippen MR) is 78.7 cm³/mol. The van der Waals surface area contributed by atoms with Crippen LogP contribution >= 0.6 is 0 Å². The molecular formula is C17H16N2O. The van der Waals surface area contributed by atoms with Crippen LogP contribution in [0.1, 0.15) is 16.8 Å². The lowest BCUT2D eigenvalue weighted by molar-refractivity contribution is 0.280. The van der Waals surface area contributed by atoms with Gasteiger partial charge in [0.15, 0.2) is 0 Å². The quantitative estimate of drug-likeness (QED) is 0.786. The molecule has 0 saturated carbocycles. The first-order valence-corrected chi connectivity index (χ1v) is 6.64. The molecule has 0 atom stereocenters. The van der Waals surface area contributed by atoms with Gasteiger partial charge in [-0.3, -0.25) is 0 Å². The molecule has 0 aliphatic carbocycles. The third kappa shape index (κ3) is 2.49. The molecular weight excluding hydrogens is 248 g/mol. The van der Waals surface area contributed by atoms with Crippen molar-refractivity contribution in [3.63, 3.8) is 0 Å². The van der Waals surface area contributed by atoms with E-state index in [0.717, 1.165) is 23.4 Å². The summed E-state index contributed by atoms with van der Waals surface area (Å²) in [5, 5.41) is 13.9. The zero-order chi connectivity index (χ0) is 13.8. The summed E-state index contributed by atoms with van der Waals surface area (Å²) in [5.74, 6) is 0. The second kappa shape index (κ2) is 5.72. The fourth-order valence-electron chi connectivity index (χ4n) is 2.31. The summed E-state index contributed by atoms with van der Waals surface area (Å²) in [7, 11) is 0. The van der Waals surface area contributed by atoms with Gasteiger partial charge in [0.2, 0.25) is 0 Å². The first kappa shape index (κ1) is 12.6. The number of hydrogen-bond donors (Lipinski definition) is 1. The third-order valence-corrected chi connectivity index (χ3v) is 3.34. The van der Waals surface area contributed by atoms with E-state index in [4.69, 9.17) is 0 Å². The van der Waals surface area contributed by atoms with Crippen LogP contribution in [0.5, 0.6) is 0 Å². The van der Waals surface area contributed by atoms with Crippen molar-refractivity contribution < 1.29 is 5.11 Å². The first-order valence-electron chi connectivity index (χ1n) is 6.64. The minimum Gasteiger partial charge on any atom is -0.392 e. The van der Waals surface area contributed by atoms with E-state index in [9.17, 15) is 5.11 Å². The summed E-state index contributed by atoms with van der Waals surface area (Å²) in [4.78, 5) is 0. The third-order valence-electron chi connectivity index (χ3n) is 3.34. The molecule has 0 amide bonds. The number of rotatable bonds is 4. The van der Waals surface area contributed by atoms with Crippen molar-refractivity contribution >= 4 is 0 Å². The molecule has 3 aromatic rings. The van der Waals surface area contributed by atoms with E-state index in [0.29, 0.717) is 0 Å². The van der Waals surface area contributed by atoms with Crippen molar-refractivity contribution in [2.75, 3.05) is 0 Å². The molecule has 100 valence electrons. The Morgan fingerprint density at radius 3 is 2.20 bits per heavy atom. The highest BCUT2D eigenvalue weighted by atomic mass is 16.3. The van der Waals surface area contributed by atoms with Gasteiger partial charge in [-0.25, -0.2) is 4.68 Å². The van der Waals surface area contributed by atoms with Gasteiger partial charge < -0.3 is 5.11 Å². The maximum absolute atomic E-state index is 9.50. The van der Waals surface area contributed by atoms with Gasteiger partial charge in [-0.15, -0.1) is 0 Å². The van der Waals surface area contributed by atoms with Gasteiger partial charge >= 0.3 is 0 Å². The zero-order valence-corrected chi connectivity index (χ0v) is 11.1. The number of aliphatic hydroxyl groups is 1. The van der Waals surface area contributed by atoms with Gasteiger partial charge in [0.05, 0.1) is 24.2 Å². The molecule has 0 spiro atoms. The summed E-state index contributed by atoms with van der Waals surface area (Å²) < 4.78 is 1.90. The second-order valence-corrected chi connectivity index (χ2v) is 4.68. The maximum atomic E-state index is 9.50. The second-order valence-electron chi connectivity index (χ2n) is 4.68. The van der Waals surface area contributed by atoms with Crippen LogP contribution in [0.25, 0.3) is 5.69 Å². The lowest BCUT2D eigenvalue weighted by Gasteiger charge is -2.09. The molecule has 1 aromatic heterocycles. The van der Waals surface area contributed by atoms with E-state index < -0.39 is 0 Å². The van der Waals surface area contributed by atoms with Crippen molar-refractivity contribution in [1.82, 2.24) is 9.78 Å². The summed E-state index contributed by atoms with van der Waals surface area (Å²) in [6, 6.07) is 20.2. The van der Waals surface area contributed by atoms with Crippen LogP contribution in [0.2, 0.25) is 0 Å². The minimum atomic E-state index is 0.00893. The SMILES string of the molecule is OCc1cnn(-c2ccccc2)c1Cc1ccccc1. The van der Waals surface area contributed by atoms with E-state index in [-0.39, 0.29) is 6.61 Å². The fraction of sp³-hybridized carbons (Fsp3) is 0.118. The normalized spacial score (nSPS) is 10.7. The van der Waals surface area contributed by atoms with Crippen LogP contribution in [0.3, 0.4) is 0 Å². The summed E-state index contributed by atoms with van der Waals surface area (Å²) in [6.07, 6.45) is 2.50. The van der Waals surface area contributed by atoms with Gasteiger partial charge in [0, 0.05) is 12.0 Å². The number of para-hydroxylation sites is 1. The van der Waals surface area contributed by atoms with Crippen LogP contribution in [0.15, 0.2) is 66.9 Å². The Bertz CT molecular complexity index is 675. The van der Waals surface area contributed by atoms with Crippen LogP contribution in [-0.2, 0) is 13.0 Å². The monoisotopic (exact) mass is 264 g/mol. The van der Waals surface area contributed by atoms with Crippen molar-refractivity contribution in [3.8, 4) is 5.69 Å². The summed E-state index contributed by atoms with van der Waals surface area (Å²) >= 11 is 0. The summed E-state index contributed by atoms with van der Waals surface area (Å²) in [5.41, 5.74) is 4.13. The number of nitrogens with zero attached hydrogens (tertiary/aromatic N) is 2. The predicted octanol–water partition coefficient (Wildman–Crippen LogP) is 2.96. The number of benzene rings is 2. The molecule has 1 N–H and O–H groups in total. The molecule has 0 unspecified atom stereocenters. The topological polar surface area (TPSA) is 38.1 Å². The van der Waals surface area contributed by atoms with Crippen molar-refractivity contribution in [3.05, 3.63) is 83.7 Å². The lowest BCUT2D eigenvalue weighted by Crippen LogP contribution is -2.04. The van der Waals surface area contributed by atoms with Gasteiger partial charge in [0.25, 0.3) is 0 Å². The Hall–Kier alpha value is -2.39. The zero-order valence-electron chi connectivity index (χ0n) is 11.1. The number of hydrogen-bond acceptors (Lipinski definition) is 2. The standard InChI is InChI=1S/C17H16N2O/c20-13-15-12-18-19(16-9-5-2-6-10-16)17(15)11-14-7-3-1-4-8-14/h1-10,12,20H,11,13H2. The minimum absolute atomic E-state index is 0.00893. The van der Waals surface area contributed by atoms with E-state index in [1.54, 1.807) is 6.20 Å². The van der Waals surface area contributed by atoms with Gasteiger partial charge in [-0.05, 0) is 17.7 Å². The number of aliphatic hydroxyl groups excluding tert-OH is 1. The van der Waals surface area contributed by atoms with E-state index in [1.165, 1.54) is 5.56 Å². The van der Waals surface area contributed by atoms with Crippen LogP contribution < -0.4 is 0 Å². The molecule has 1 heterocycles.